The molecule has 106 valence electrons. The molecule has 1 saturated heterocycles. The molecule has 2 aliphatic rings. The van der Waals surface area contributed by atoms with Gasteiger partial charge in [0.2, 0.25) is 0 Å². The number of aliphatic hydroxyl groups is 1. The maximum atomic E-state index is 9.54. The van der Waals surface area contributed by atoms with Crippen LogP contribution in [-0.2, 0) is 0 Å². The normalized spacial score (nSPS) is 19.2. The van der Waals surface area contributed by atoms with Crippen LogP contribution in [0.25, 0.3) is 0 Å². The van der Waals surface area contributed by atoms with Gasteiger partial charge in [0.1, 0.15) is 18.2 Å². The molecular weight excluding hydrogens is 252 g/mol. The minimum atomic E-state index is 0.377. The van der Waals surface area contributed by atoms with E-state index in [9.17, 15) is 5.11 Å². The average Bonchev–Trinajstić information content (AvgIpc) is 2.99. The van der Waals surface area contributed by atoms with E-state index in [1.54, 1.807) is 6.08 Å². The summed E-state index contributed by atoms with van der Waals surface area (Å²) >= 11 is 0. The standard InChI is InChI=1S/C16H20N2O2/c19-15-4-3-11-18(12-15)14-5-7-16(8-6-14)20-13-17-9-1-2-10-17/h3-8,11,19H,1-2,9-10,12-13H2. The Morgan fingerprint density at radius 2 is 1.85 bits per heavy atom. The van der Waals surface area contributed by atoms with Crippen molar-refractivity contribution in [1.29, 1.82) is 0 Å². The molecule has 0 aromatic heterocycles. The highest BCUT2D eigenvalue weighted by Crippen LogP contribution is 2.22. The van der Waals surface area contributed by atoms with Crippen molar-refractivity contribution in [3.63, 3.8) is 0 Å². The van der Waals surface area contributed by atoms with Crippen LogP contribution >= 0.6 is 0 Å². The van der Waals surface area contributed by atoms with Gasteiger partial charge in [-0.25, -0.2) is 0 Å². The number of nitrogens with zero attached hydrogens (tertiary/aromatic N) is 2. The zero-order valence-corrected chi connectivity index (χ0v) is 11.5. The fourth-order valence-electron chi connectivity index (χ4n) is 2.53. The lowest BCUT2D eigenvalue weighted by molar-refractivity contribution is 0.152. The van der Waals surface area contributed by atoms with Crippen molar-refractivity contribution in [2.75, 3.05) is 31.3 Å². The molecule has 1 aromatic rings. The smallest absolute Gasteiger partial charge is 0.142 e. The molecule has 0 spiro atoms. The highest BCUT2D eigenvalue weighted by molar-refractivity contribution is 5.53. The van der Waals surface area contributed by atoms with E-state index in [0.717, 1.165) is 24.5 Å². The summed E-state index contributed by atoms with van der Waals surface area (Å²) in [5, 5.41) is 9.54. The summed E-state index contributed by atoms with van der Waals surface area (Å²) < 4.78 is 5.78. The van der Waals surface area contributed by atoms with Crippen molar-refractivity contribution < 1.29 is 9.84 Å². The molecule has 4 nitrogen and oxygen atoms in total. The van der Waals surface area contributed by atoms with Gasteiger partial charge in [0.25, 0.3) is 0 Å². The summed E-state index contributed by atoms with van der Waals surface area (Å²) in [6, 6.07) is 7.99. The number of anilines is 1. The van der Waals surface area contributed by atoms with Crippen LogP contribution < -0.4 is 9.64 Å². The SMILES string of the molecule is OC1=CC=CN(c2ccc(OCN3CCCC3)cc2)C1. The Kier molecular flexibility index (Phi) is 3.92. The summed E-state index contributed by atoms with van der Waals surface area (Å²) in [5.41, 5.74) is 1.05. The van der Waals surface area contributed by atoms with Crippen LogP contribution in [0.3, 0.4) is 0 Å². The third-order valence-electron chi connectivity index (χ3n) is 3.67. The van der Waals surface area contributed by atoms with Crippen molar-refractivity contribution in [2.24, 2.45) is 0 Å². The summed E-state index contributed by atoms with van der Waals surface area (Å²) in [6.45, 7) is 3.47. The van der Waals surface area contributed by atoms with E-state index in [-0.39, 0.29) is 0 Å². The van der Waals surface area contributed by atoms with Crippen LogP contribution in [0, 0.1) is 0 Å². The molecule has 0 atom stereocenters. The van der Waals surface area contributed by atoms with Gasteiger partial charge in [-0.05, 0) is 49.3 Å². The molecule has 3 rings (SSSR count). The predicted octanol–water partition coefficient (Wildman–Crippen LogP) is 2.89. The first-order valence-corrected chi connectivity index (χ1v) is 7.09. The van der Waals surface area contributed by atoms with E-state index >= 15 is 0 Å². The Hall–Kier alpha value is -1.94. The van der Waals surface area contributed by atoms with Gasteiger partial charge in [0.05, 0.1) is 6.54 Å². The number of hydrogen-bond acceptors (Lipinski definition) is 4. The van der Waals surface area contributed by atoms with Gasteiger partial charge in [-0.2, -0.15) is 0 Å². The highest BCUT2D eigenvalue weighted by Gasteiger charge is 2.12. The van der Waals surface area contributed by atoms with E-state index in [4.69, 9.17) is 4.74 Å². The largest absolute Gasteiger partial charge is 0.510 e. The van der Waals surface area contributed by atoms with Crippen molar-refractivity contribution in [1.82, 2.24) is 4.90 Å². The van der Waals surface area contributed by atoms with Gasteiger partial charge in [-0.1, -0.05) is 0 Å². The molecule has 0 amide bonds. The molecule has 1 fully saturated rings. The van der Waals surface area contributed by atoms with Crippen molar-refractivity contribution in [3.05, 3.63) is 48.4 Å². The molecule has 0 radical (unpaired) electrons. The average molecular weight is 272 g/mol. The molecular formula is C16H20N2O2. The topological polar surface area (TPSA) is 35.9 Å². The molecule has 0 saturated carbocycles. The molecule has 4 heteroatoms. The molecule has 20 heavy (non-hydrogen) atoms. The third kappa shape index (κ3) is 3.14. The first-order valence-electron chi connectivity index (χ1n) is 7.09. The Balaban J connectivity index is 1.57. The van der Waals surface area contributed by atoms with Crippen LogP contribution in [0.2, 0.25) is 0 Å². The summed E-state index contributed by atoms with van der Waals surface area (Å²) in [6.07, 6.45) is 8.07. The second-order valence-corrected chi connectivity index (χ2v) is 5.22. The number of allylic oxidation sites excluding steroid dienone is 2. The van der Waals surface area contributed by atoms with Gasteiger partial charge in [0.15, 0.2) is 0 Å². The molecule has 0 bridgehead atoms. The monoisotopic (exact) mass is 272 g/mol. The Morgan fingerprint density at radius 3 is 2.55 bits per heavy atom. The quantitative estimate of drug-likeness (QED) is 0.914. The van der Waals surface area contributed by atoms with E-state index in [0.29, 0.717) is 19.0 Å². The first-order chi connectivity index (χ1) is 9.81. The third-order valence-corrected chi connectivity index (χ3v) is 3.67. The number of hydrogen-bond donors (Lipinski definition) is 1. The van der Waals surface area contributed by atoms with Gasteiger partial charge >= 0.3 is 0 Å². The lowest BCUT2D eigenvalue weighted by Gasteiger charge is -2.22. The van der Waals surface area contributed by atoms with Crippen LogP contribution in [-0.4, -0.2) is 36.4 Å². The van der Waals surface area contributed by atoms with E-state index in [1.165, 1.54) is 12.8 Å². The summed E-state index contributed by atoms with van der Waals surface area (Å²) in [5.74, 6) is 1.27. The van der Waals surface area contributed by atoms with Gasteiger partial charge < -0.3 is 14.7 Å². The number of benzene rings is 1. The Morgan fingerprint density at radius 1 is 1.10 bits per heavy atom. The highest BCUT2D eigenvalue weighted by atomic mass is 16.5. The predicted molar refractivity (Wildman–Crippen MR) is 79.9 cm³/mol. The van der Waals surface area contributed by atoms with E-state index in [2.05, 4.69) is 4.90 Å². The van der Waals surface area contributed by atoms with Gasteiger partial charge in [0, 0.05) is 25.0 Å². The second-order valence-electron chi connectivity index (χ2n) is 5.22. The van der Waals surface area contributed by atoms with Crippen LogP contribution in [0.5, 0.6) is 5.75 Å². The van der Waals surface area contributed by atoms with E-state index < -0.39 is 0 Å². The molecule has 1 N–H and O–H groups in total. The molecule has 0 unspecified atom stereocenters. The van der Waals surface area contributed by atoms with Crippen molar-refractivity contribution in [2.45, 2.75) is 12.8 Å². The lowest BCUT2D eigenvalue weighted by atomic mass is 10.2. The first kappa shape index (κ1) is 13.1. The molecule has 1 aromatic carbocycles. The second kappa shape index (κ2) is 6.01. The lowest BCUT2D eigenvalue weighted by Crippen LogP contribution is -2.24. The number of likely N-dealkylation sites (tertiary alicyclic amines) is 1. The Bertz CT molecular complexity index is 502. The molecule has 2 aliphatic heterocycles. The maximum Gasteiger partial charge on any atom is 0.142 e. The fraction of sp³-hybridized carbons (Fsp3) is 0.375. The Labute approximate surface area is 119 Å². The van der Waals surface area contributed by atoms with Crippen LogP contribution in [0.4, 0.5) is 5.69 Å². The number of rotatable bonds is 4. The zero-order chi connectivity index (χ0) is 13.8. The molecule has 0 aliphatic carbocycles. The minimum absolute atomic E-state index is 0.377. The van der Waals surface area contributed by atoms with Crippen molar-refractivity contribution >= 4 is 5.69 Å². The van der Waals surface area contributed by atoms with Gasteiger partial charge in [-0.15, -0.1) is 0 Å². The fourth-order valence-corrected chi connectivity index (χ4v) is 2.53. The minimum Gasteiger partial charge on any atom is -0.510 e. The summed E-state index contributed by atoms with van der Waals surface area (Å²) in [4.78, 5) is 4.32. The number of ether oxygens (including phenoxy) is 1. The molecule has 2 heterocycles. The summed E-state index contributed by atoms with van der Waals surface area (Å²) in [7, 11) is 0. The number of aliphatic hydroxyl groups excluding tert-OH is 1. The van der Waals surface area contributed by atoms with Gasteiger partial charge in [-0.3, -0.25) is 4.90 Å². The zero-order valence-electron chi connectivity index (χ0n) is 11.5. The maximum absolute atomic E-state index is 9.54. The van der Waals surface area contributed by atoms with Crippen LogP contribution in [0.15, 0.2) is 48.4 Å². The van der Waals surface area contributed by atoms with Crippen LogP contribution in [0.1, 0.15) is 12.8 Å². The van der Waals surface area contributed by atoms with E-state index in [1.807, 2.05) is 41.4 Å². The van der Waals surface area contributed by atoms with Crippen molar-refractivity contribution in [3.8, 4) is 5.75 Å².